The summed E-state index contributed by atoms with van der Waals surface area (Å²) in [6, 6.07) is 4.83. The Bertz CT molecular complexity index is 1310. The van der Waals surface area contributed by atoms with Gasteiger partial charge in [0, 0.05) is 75.6 Å². The number of aliphatic hydroxyl groups excluding tert-OH is 1. The molecule has 0 radical (unpaired) electrons. The first-order valence-electron chi connectivity index (χ1n) is 11.4. The molecular formula is C25H31N5O4Si. The van der Waals surface area contributed by atoms with Gasteiger partial charge in [-0.1, -0.05) is 19.6 Å². The van der Waals surface area contributed by atoms with Crippen molar-refractivity contribution in [3.8, 4) is 22.6 Å². The van der Waals surface area contributed by atoms with Crippen LogP contribution < -0.4 is 0 Å². The Balaban J connectivity index is 1.68. The second-order valence-corrected chi connectivity index (χ2v) is 15.6. The van der Waals surface area contributed by atoms with E-state index < -0.39 is 20.1 Å². The summed E-state index contributed by atoms with van der Waals surface area (Å²) >= 11 is 0. The van der Waals surface area contributed by atoms with Gasteiger partial charge in [-0.05, 0) is 18.2 Å². The number of ether oxygens (including phenoxy) is 1. The van der Waals surface area contributed by atoms with Gasteiger partial charge in [0.2, 0.25) is 5.89 Å². The molecule has 4 aromatic rings. The van der Waals surface area contributed by atoms with Crippen LogP contribution in [0.1, 0.15) is 11.7 Å². The molecule has 4 heterocycles. The van der Waals surface area contributed by atoms with Crippen molar-refractivity contribution in [2.75, 3.05) is 20.7 Å². The van der Waals surface area contributed by atoms with E-state index >= 15 is 0 Å². The number of aliphatic hydroxyl groups is 1. The van der Waals surface area contributed by atoms with E-state index in [1.807, 2.05) is 16.8 Å². The van der Waals surface area contributed by atoms with Crippen LogP contribution in [0.5, 0.6) is 0 Å². The van der Waals surface area contributed by atoms with Crippen molar-refractivity contribution in [3.05, 3.63) is 54.9 Å². The lowest BCUT2D eigenvalue weighted by Gasteiger charge is -2.16. The zero-order valence-electron chi connectivity index (χ0n) is 20.7. The van der Waals surface area contributed by atoms with Crippen molar-refractivity contribution in [2.24, 2.45) is 0 Å². The number of carbonyl (C=O) groups excluding carboxylic acids is 1. The molecular weight excluding hydrogens is 462 g/mol. The van der Waals surface area contributed by atoms with Gasteiger partial charge in [0.1, 0.15) is 18.6 Å². The zero-order chi connectivity index (χ0) is 25.2. The summed E-state index contributed by atoms with van der Waals surface area (Å²) in [4.78, 5) is 26.8. The van der Waals surface area contributed by atoms with Gasteiger partial charge < -0.3 is 23.7 Å². The molecule has 1 N–H and O–H groups in total. The highest BCUT2D eigenvalue weighted by atomic mass is 28.3. The van der Waals surface area contributed by atoms with Crippen molar-refractivity contribution < 1.29 is 19.1 Å². The first kappa shape index (κ1) is 24.8. The number of hydrogen-bond donors (Lipinski definition) is 1. The summed E-state index contributed by atoms with van der Waals surface area (Å²) in [6.45, 7) is 8.05. The largest absolute Gasteiger partial charge is 0.444 e. The van der Waals surface area contributed by atoms with E-state index in [0.717, 1.165) is 33.8 Å². The minimum absolute atomic E-state index is 0.379. The zero-order valence-corrected chi connectivity index (χ0v) is 21.7. The van der Waals surface area contributed by atoms with Gasteiger partial charge >= 0.3 is 0 Å². The topological polar surface area (TPSA) is 107 Å². The molecule has 0 aliphatic rings. The molecule has 0 aliphatic heterocycles. The van der Waals surface area contributed by atoms with Gasteiger partial charge in [0.15, 0.2) is 6.10 Å². The van der Waals surface area contributed by atoms with Gasteiger partial charge in [-0.25, -0.2) is 9.97 Å². The van der Waals surface area contributed by atoms with Gasteiger partial charge in [0.25, 0.3) is 5.91 Å². The van der Waals surface area contributed by atoms with Crippen LogP contribution >= 0.6 is 0 Å². The Morgan fingerprint density at radius 2 is 1.94 bits per heavy atom. The highest BCUT2D eigenvalue weighted by Crippen LogP contribution is 2.32. The Kier molecular flexibility index (Phi) is 7.15. The van der Waals surface area contributed by atoms with Crippen LogP contribution in [0.25, 0.3) is 33.6 Å². The summed E-state index contributed by atoms with van der Waals surface area (Å²) in [5, 5.41) is 11.3. The average molecular weight is 494 g/mol. The SMILES string of the molecule is CN(C)C(=O)C(O)c1cncc(-c2cnc3c(c2)c(-c2ncco2)cn3COCC[Si](C)(C)C)c1. The number of pyridine rings is 2. The Hall–Kier alpha value is -3.34. The molecule has 0 fully saturated rings. The molecule has 35 heavy (non-hydrogen) atoms. The Morgan fingerprint density at radius 3 is 2.63 bits per heavy atom. The quantitative estimate of drug-likeness (QED) is 0.275. The molecule has 9 nitrogen and oxygen atoms in total. The Labute approximate surface area is 205 Å². The molecule has 0 saturated heterocycles. The van der Waals surface area contributed by atoms with Crippen LogP contribution in [0.15, 0.2) is 53.8 Å². The molecule has 0 saturated carbocycles. The first-order valence-corrected chi connectivity index (χ1v) is 15.2. The predicted octanol–water partition coefficient (Wildman–Crippen LogP) is 4.19. The molecule has 184 valence electrons. The monoisotopic (exact) mass is 493 g/mol. The van der Waals surface area contributed by atoms with E-state index in [-0.39, 0.29) is 0 Å². The van der Waals surface area contributed by atoms with Crippen molar-refractivity contribution in [1.82, 2.24) is 24.4 Å². The summed E-state index contributed by atoms with van der Waals surface area (Å²) in [7, 11) is 2.02. The maximum atomic E-state index is 12.2. The van der Waals surface area contributed by atoms with Crippen molar-refractivity contribution in [1.29, 1.82) is 0 Å². The third kappa shape index (κ3) is 5.67. The maximum Gasteiger partial charge on any atom is 0.255 e. The molecule has 0 aliphatic carbocycles. The van der Waals surface area contributed by atoms with Crippen molar-refractivity contribution in [2.45, 2.75) is 38.5 Å². The normalized spacial score (nSPS) is 12.7. The van der Waals surface area contributed by atoms with E-state index in [1.165, 1.54) is 17.4 Å². The number of rotatable bonds is 9. The number of nitrogens with zero attached hydrogens (tertiary/aromatic N) is 5. The fourth-order valence-electron chi connectivity index (χ4n) is 3.65. The lowest BCUT2D eigenvalue weighted by Crippen LogP contribution is -2.28. The Morgan fingerprint density at radius 1 is 1.17 bits per heavy atom. The lowest BCUT2D eigenvalue weighted by atomic mass is 10.0. The number of oxazole rings is 1. The molecule has 0 bridgehead atoms. The highest BCUT2D eigenvalue weighted by Gasteiger charge is 2.21. The third-order valence-electron chi connectivity index (χ3n) is 5.69. The molecule has 10 heteroatoms. The second kappa shape index (κ2) is 10.1. The summed E-state index contributed by atoms with van der Waals surface area (Å²) < 4.78 is 13.5. The number of aromatic nitrogens is 4. The summed E-state index contributed by atoms with van der Waals surface area (Å²) in [5.74, 6) is 0.0867. The standard InChI is InChI=1S/C25H31N5O4Si/c1-29(2)25(32)22(31)19-10-17(12-26-13-19)18-11-20-21(24-27-6-7-34-24)15-30(23(20)28-14-18)16-33-8-9-35(3,4)5/h6-7,10-15,22,31H,8-9,16H2,1-5H3. The van der Waals surface area contributed by atoms with E-state index in [2.05, 4.69) is 29.6 Å². The van der Waals surface area contributed by atoms with Crippen molar-refractivity contribution >= 4 is 25.0 Å². The van der Waals surface area contributed by atoms with Crippen molar-refractivity contribution in [3.63, 3.8) is 0 Å². The lowest BCUT2D eigenvalue weighted by molar-refractivity contribution is -0.137. The third-order valence-corrected chi connectivity index (χ3v) is 7.39. The predicted molar refractivity (Wildman–Crippen MR) is 136 cm³/mol. The number of amides is 1. The average Bonchev–Trinajstić information content (AvgIpc) is 3.48. The molecule has 4 aromatic heterocycles. The second-order valence-electron chi connectivity index (χ2n) is 9.94. The fourth-order valence-corrected chi connectivity index (χ4v) is 4.40. The van der Waals surface area contributed by atoms with Crippen LogP contribution in [0.3, 0.4) is 0 Å². The molecule has 0 aromatic carbocycles. The smallest absolute Gasteiger partial charge is 0.255 e. The molecule has 1 unspecified atom stereocenters. The molecule has 1 atom stereocenters. The van der Waals surface area contributed by atoms with Gasteiger partial charge in [-0.2, -0.15) is 0 Å². The minimum Gasteiger partial charge on any atom is -0.444 e. The van der Waals surface area contributed by atoms with Gasteiger partial charge in [0.05, 0.1) is 11.8 Å². The molecule has 1 amide bonds. The van der Waals surface area contributed by atoms with Gasteiger partial charge in [-0.15, -0.1) is 0 Å². The number of carbonyl (C=O) groups is 1. The summed E-state index contributed by atoms with van der Waals surface area (Å²) in [6.07, 6.45) is 8.73. The fraction of sp³-hybridized carbons (Fsp3) is 0.360. The maximum absolute atomic E-state index is 12.2. The van der Waals surface area contributed by atoms with E-state index in [0.29, 0.717) is 24.8 Å². The number of hydrogen-bond acceptors (Lipinski definition) is 7. The van der Waals surface area contributed by atoms with Crippen LogP contribution in [0.4, 0.5) is 0 Å². The summed E-state index contributed by atoms with van der Waals surface area (Å²) in [5.41, 5.74) is 3.51. The van der Waals surface area contributed by atoms with Crippen LogP contribution in [-0.4, -0.2) is 64.2 Å². The highest BCUT2D eigenvalue weighted by molar-refractivity contribution is 6.76. The van der Waals surface area contributed by atoms with E-state index in [9.17, 15) is 9.90 Å². The minimum atomic E-state index is -1.29. The van der Waals surface area contributed by atoms with Crippen LogP contribution in [-0.2, 0) is 16.3 Å². The molecule has 4 rings (SSSR count). The number of fused-ring (bicyclic) bond motifs is 1. The van der Waals surface area contributed by atoms with E-state index in [1.54, 1.807) is 38.8 Å². The number of likely N-dealkylation sites (N-methyl/N-ethyl adjacent to an activating group) is 1. The van der Waals surface area contributed by atoms with Crippen LogP contribution in [0.2, 0.25) is 25.7 Å². The van der Waals surface area contributed by atoms with Gasteiger partial charge in [-0.3, -0.25) is 9.78 Å². The first-order chi connectivity index (χ1) is 16.6. The van der Waals surface area contributed by atoms with Crippen LogP contribution in [0, 0.1) is 0 Å². The van der Waals surface area contributed by atoms with E-state index in [4.69, 9.17) is 14.1 Å². The molecule has 0 spiro atoms.